The number of fused-ring (bicyclic) bond motifs is 2. The van der Waals surface area contributed by atoms with Crippen LogP contribution in [0.1, 0.15) is 35.9 Å². The van der Waals surface area contributed by atoms with Crippen LogP contribution in [0.25, 0.3) is 21.8 Å². The molecule has 0 saturated heterocycles. The molecule has 0 aliphatic carbocycles. The van der Waals surface area contributed by atoms with Crippen LogP contribution < -0.4 is 10.9 Å². The van der Waals surface area contributed by atoms with E-state index in [9.17, 15) is 9.59 Å². The minimum atomic E-state index is -0.412. The Hall–Kier alpha value is -4.33. The molecule has 0 saturated carbocycles. The Labute approximate surface area is 189 Å². The Bertz CT molecular complexity index is 1540. The lowest BCUT2D eigenvalue weighted by Crippen LogP contribution is -2.28. The molecule has 0 aliphatic heterocycles. The zero-order chi connectivity index (χ0) is 22.9. The van der Waals surface area contributed by atoms with Gasteiger partial charge in [-0.05, 0) is 31.5 Å². The van der Waals surface area contributed by atoms with Gasteiger partial charge in [-0.2, -0.15) is 10.2 Å². The molecule has 0 fully saturated rings. The molecular weight excluding hydrogens is 416 g/mol. The van der Waals surface area contributed by atoms with Crippen molar-refractivity contribution >= 4 is 33.4 Å². The summed E-state index contributed by atoms with van der Waals surface area (Å²) in [4.78, 5) is 30.7. The van der Waals surface area contributed by atoms with Gasteiger partial charge in [0.15, 0.2) is 11.3 Å². The molecule has 0 atom stereocenters. The average Bonchev–Trinajstić information content (AvgIpc) is 3.25. The van der Waals surface area contributed by atoms with Crippen molar-refractivity contribution in [2.75, 3.05) is 5.32 Å². The van der Waals surface area contributed by atoms with Gasteiger partial charge >= 0.3 is 0 Å². The number of benzene rings is 2. The van der Waals surface area contributed by atoms with E-state index in [0.29, 0.717) is 16.5 Å². The molecule has 8 heteroatoms. The highest BCUT2D eigenvalue weighted by atomic mass is 16.2. The van der Waals surface area contributed by atoms with Crippen molar-refractivity contribution in [2.24, 2.45) is 0 Å². The maximum absolute atomic E-state index is 13.3. The lowest BCUT2D eigenvalue weighted by molar-refractivity contribution is 0.102. The number of aromatic nitrogens is 5. The Morgan fingerprint density at radius 2 is 1.73 bits per heavy atom. The Kier molecular flexibility index (Phi) is 5.18. The third-order valence-electron chi connectivity index (χ3n) is 5.44. The summed E-state index contributed by atoms with van der Waals surface area (Å²) in [6.45, 7) is 4.34. The topological polar surface area (TPSA) is 94.7 Å². The van der Waals surface area contributed by atoms with Crippen LogP contribution in [-0.4, -0.2) is 30.5 Å². The van der Waals surface area contributed by atoms with Crippen LogP contribution in [0.3, 0.4) is 0 Å². The maximum Gasteiger partial charge on any atom is 0.276 e. The van der Waals surface area contributed by atoms with E-state index in [2.05, 4.69) is 20.5 Å². The first-order chi connectivity index (χ1) is 16.0. The fourth-order valence-corrected chi connectivity index (χ4v) is 3.84. The summed E-state index contributed by atoms with van der Waals surface area (Å²) in [5.41, 5.74) is 2.14. The number of nitrogens with one attached hydrogen (secondary N) is 1. The summed E-state index contributed by atoms with van der Waals surface area (Å²) >= 11 is 0. The van der Waals surface area contributed by atoms with Crippen molar-refractivity contribution in [2.45, 2.75) is 26.4 Å². The molecule has 3 heterocycles. The van der Waals surface area contributed by atoms with E-state index >= 15 is 0 Å². The van der Waals surface area contributed by atoms with Crippen molar-refractivity contribution in [3.63, 3.8) is 0 Å². The molecule has 164 valence electrons. The first-order valence-corrected chi connectivity index (χ1v) is 10.7. The molecule has 8 nitrogen and oxygen atoms in total. The molecule has 0 unspecified atom stereocenters. The highest BCUT2D eigenvalue weighted by molar-refractivity contribution is 6.11. The minimum Gasteiger partial charge on any atom is -0.319 e. The lowest BCUT2D eigenvalue weighted by atomic mass is 10.1. The molecule has 5 rings (SSSR count). The molecule has 0 spiro atoms. The van der Waals surface area contributed by atoms with Crippen molar-refractivity contribution in [3.05, 3.63) is 94.7 Å². The summed E-state index contributed by atoms with van der Waals surface area (Å²) in [5.74, 6) is -0.412. The summed E-state index contributed by atoms with van der Waals surface area (Å²) < 4.78 is 3.16. The predicted octanol–water partition coefficient (Wildman–Crippen LogP) is 4.02. The first kappa shape index (κ1) is 20.6. The van der Waals surface area contributed by atoms with Gasteiger partial charge in [-0.15, -0.1) is 0 Å². The van der Waals surface area contributed by atoms with Crippen molar-refractivity contribution in [1.29, 1.82) is 0 Å². The number of carbonyl (C=O) groups is 1. The largest absolute Gasteiger partial charge is 0.319 e. The second kappa shape index (κ2) is 8.31. The molecule has 3 aromatic heterocycles. The molecular formula is C25H22N6O2. The van der Waals surface area contributed by atoms with E-state index < -0.39 is 5.91 Å². The highest BCUT2D eigenvalue weighted by Gasteiger charge is 2.18. The second-order valence-corrected chi connectivity index (χ2v) is 8.12. The fraction of sp³-hybridized carbons (Fsp3) is 0.160. The number of rotatable bonds is 5. The smallest absolute Gasteiger partial charge is 0.276 e. The normalized spacial score (nSPS) is 11.4. The zero-order valence-corrected chi connectivity index (χ0v) is 18.3. The molecule has 2 aromatic carbocycles. The molecule has 0 bridgehead atoms. The first-order valence-electron chi connectivity index (χ1n) is 10.7. The van der Waals surface area contributed by atoms with Crippen LogP contribution >= 0.6 is 0 Å². The van der Waals surface area contributed by atoms with Crippen LogP contribution in [0.5, 0.6) is 0 Å². The summed E-state index contributed by atoms with van der Waals surface area (Å²) in [6.07, 6.45) is 3.33. The zero-order valence-electron chi connectivity index (χ0n) is 18.3. The second-order valence-electron chi connectivity index (χ2n) is 8.12. The van der Waals surface area contributed by atoms with Gasteiger partial charge in [0.1, 0.15) is 0 Å². The Morgan fingerprint density at radius 3 is 2.48 bits per heavy atom. The van der Waals surface area contributed by atoms with E-state index in [1.54, 1.807) is 36.7 Å². The van der Waals surface area contributed by atoms with E-state index in [-0.39, 0.29) is 23.8 Å². The van der Waals surface area contributed by atoms with E-state index in [1.165, 1.54) is 4.68 Å². The Morgan fingerprint density at radius 1 is 1.00 bits per heavy atom. The van der Waals surface area contributed by atoms with Gasteiger partial charge in [-0.3, -0.25) is 9.59 Å². The molecule has 1 amide bonds. The van der Waals surface area contributed by atoms with Gasteiger partial charge in [0.2, 0.25) is 0 Å². The lowest BCUT2D eigenvalue weighted by Gasteiger charge is -2.12. The summed E-state index contributed by atoms with van der Waals surface area (Å²) in [5, 5.41) is 13.5. The number of carbonyl (C=O) groups excluding carboxylic acids is 1. The number of amides is 1. The minimum absolute atomic E-state index is 0.177. The molecule has 33 heavy (non-hydrogen) atoms. The number of hydrogen-bond donors (Lipinski definition) is 1. The Balaban J connectivity index is 1.53. The molecule has 5 aromatic rings. The summed E-state index contributed by atoms with van der Waals surface area (Å²) in [6, 6.07) is 18.6. The van der Waals surface area contributed by atoms with Gasteiger partial charge < -0.3 is 5.32 Å². The predicted molar refractivity (Wildman–Crippen MR) is 127 cm³/mol. The average molecular weight is 438 g/mol. The van der Waals surface area contributed by atoms with Crippen LogP contribution in [0.4, 0.5) is 5.69 Å². The third-order valence-corrected chi connectivity index (χ3v) is 5.44. The quantitative estimate of drug-likeness (QED) is 0.447. The maximum atomic E-state index is 13.3. The van der Waals surface area contributed by atoms with Gasteiger partial charge in [-0.1, -0.05) is 48.5 Å². The van der Waals surface area contributed by atoms with Crippen LogP contribution in [0.2, 0.25) is 0 Å². The SMILES string of the molecule is CC(C)n1ncc2cc(NC(=O)c3nn(Cc4ccccc4)c(=O)c4ccccc34)cnc21. The van der Waals surface area contributed by atoms with E-state index in [1.807, 2.05) is 54.9 Å². The molecule has 0 aliphatic rings. The van der Waals surface area contributed by atoms with Gasteiger partial charge in [0, 0.05) is 16.8 Å². The number of hydrogen-bond acceptors (Lipinski definition) is 5. The van der Waals surface area contributed by atoms with Crippen molar-refractivity contribution in [3.8, 4) is 0 Å². The van der Waals surface area contributed by atoms with E-state index in [0.717, 1.165) is 16.6 Å². The monoisotopic (exact) mass is 438 g/mol. The van der Waals surface area contributed by atoms with Crippen LogP contribution in [0.15, 0.2) is 77.9 Å². The van der Waals surface area contributed by atoms with Gasteiger partial charge in [0.25, 0.3) is 11.5 Å². The van der Waals surface area contributed by atoms with Crippen molar-refractivity contribution < 1.29 is 4.79 Å². The number of nitrogens with zero attached hydrogens (tertiary/aromatic N) is 5. The van der Waals surface area contributed by atoms with Crippen LogP contribution in [-0.2, 0) is 6.54 Å². The van der Waals surface area contributed by atoms with E-state index in [4.69, 9.17) is 0 Å². The third kappa shape index (κ3) is 3.87. The standard InChI is InChI=1S/C25H22N6O2/c1-16(2)31-23-18(13-27-31)12-19(14-26-23)28-24(32)22-20-10-6-7-11-21(20)25(33)30(29-22)15-17-8-4-3-5-9-17/h3-14,16H,15H2,1-2H3,(H,28,32). The van der Waals surface area contributed by atoms with Gasteiger partial charge in [0.05, 0.1) is 30.0 Å². The van der Waals surface area contributed by atoms with Crippen LogP contribution in [0, 0.1) is 0 Å². The molecule has 1 N–H and O–H groups in total. The van der Waals surface area contributed by atoms with Crippen molar-refractivity contribution in [1.82, 2.24) is 24.5 Å². The fourth-order valence-electron chi connectivity index (χ4n) is 3.84. The summed E-state index contributed by atoms with van der Waals surface area (Å²) in [7, 11) is 0. The van der Waals surface area contributed by atoms with Gasteiger partial charge in [-0.25, -0.2) is 14.3 Å². The highest BCUT2D eigenvalue weighted by Crippen LogP contribution is 2.21. The molecule has 0 radical (unpaired) electrons. The number of pyridine rings is 1. The number of anilines is 1.